The molecule has 0 spiro atoms. The Balaban J connectivity index is 1.44. The molecule has 10 nitrogen and oxygen atoms in total. The Hall–Kier alpha value is -3.25. The van der Waals surface area contributed by atoms with Gasteiger partial charge in [0, 0.05) is 35.0 Å². The van der Waals surface area contributed by atoms with Crippen LogP contribution in [0.5, 0.6) is 0 Å². The number of oxime groups is 1. The van der Waals surface area contributed by atoms with Crippen molar-refractivity contribution >= 4 is 46.6 Å². The van der Waals surface area contributed by atoms with Gasteiger partial charge in [-0.3, -0.25) is 9.59 Å². The molecule has 0 radical (unpaired) electrons. The van der Waals surface area contributed by atoms with Crippen LogP contribution in [0.1, 0.15) is 19.5 Å². The molecule has 4 heterocycles. The Bertz CT molecular complexity index is 1120. The summed E-state index contributed by atoms with van der Waals surface area (Å²) in [5, 5.41) is 17.1. The van der Waals surface area contributed by atoms with Crippen LogP contribution in [0.25, 0.3) is 0 Å². The molecule has 2 aromatic heterocycles. The number of hydrogen-bond acceptors (Lipinski definition) is 8. The number of carboxylic acids is 1. The van der Waals surface area contributed by atoms with E-state index < -0.39 is 23.5 Å². The third-order valence-electron chi connectivity index (χ3n) is 5.06. The third-order valence-corrected chi connectivity index (χ3v) is 7.03. The predicted octanol–water partition coefficient (Wildman–Crippen LogP) is 0.999. The lowest BCUT2D eigenvalue weighted by molar-refractivity contribution is -0.689. The maximum atomic E-state index is 13.0. The monoisotopic (exact) mass is 488 g/mol. The summed E-state index contributed by atoms with van der Waals surface area (Å²) in [6, 6.07) is 5.12. The number of nitrogens with one attached hydrogen (secondary N) is 1. The highest BCUT2D eigenvalue weighted by Gasteiger charge is 2.50. The predicted molar refractivity (Wildman–Crippen MR) is 121 cm³/mol. The van der Waals surface area contributed by atoms with Gasteiger partial charge in [-0.05, 0) is 13.8 Å². The first kappa shape index (κ1) is 22.9. The second-order valence-electron chi connectivity index (χ2n) is 7.95. The van der Waals surface area contributed by atoms with Crippen LogP contribution in [0.2, 0.25) is 0 Å². The number of pyridine rings is 1. The van der Waals surface area contributed by atoms with Gasteiger partial charge in [-0.15, -0.1) is 23.1 Å². The number of carbonyl (C=O) groups is 3. The smallest absolute Gasteiger partial charge is 0.350 e. The van der Waals surface area contributed by atoms with E-state index in [4.69, 9.17) is 4.84 Å². The molecular formula is C21H22N5O5S2+. The minimum Gasteiger partial charge on any atom is -0.478 e. The van der Waals surface area contributed by atoms with Crippen LogP contribution in [0.4, 0.5) is 0 Å². The zero-order chi connectivity index (χ0) is 23.6. The van der Waals surface area contributed by atoms with Crippen molar-refractivity contribution in [3.8, 4) is 0 Å². The number of aliphatic carboxylic acids is 1. The van der Waals surface area contributed by atoms with Gasteiger partial charge >= 0.3 is 5.97 Å². The molecule has 0 unspecified atom stereocenters. The number of rotatable bonds is 8. The Morgan fingerprint density at radius 3 is 2.79 bits per heavy atom. The third kappa shape index (κ3) is 4.91. The molecule has 0 aromatic carbocycles. The molecule has 33 heavy (non-hydrogen) atoms. The summed E-state index contributed by atoms with van der Waals surface area (Å²) < 4.78 is 2.03. The average molecular weight is 489 g/mol. The highest BCUT2D eigenvalue weighted by molar-refractivity contribution is 8.00. The minimum absolute atomic E-state index is 0.186. The summed E-state index contributed by atoms with van der Waals surface area (Å²) in [7, 11) is 0. The highest BCUT2D eigenvalue weighted by atomic mass is 32.2. The van der Waals surface area contributed by atoms with Crippen molar-refractivity contribution < 1.29 is 28.9 Å². The zero-order valence-corrected chi connectivity index (χ0v) is 19.5. The van der Waals surface area contributed by atoms with Crippen LogP contribution < -0.4 is 9.88 Å². The normalized spacial score (nSPS) is 20.4. The first-order chi connectivity index (χ1) is 15.8. The van der Waals surface area contributed by atoms with Crippen LogP contribution in [0, 0.1) is 0 Å². The number of fused-ring (bicyclic) bond motifs is 1. The van der Waals surface area contributed by atoms with Crippen molar-refractivity contribution in [2.75, 3.05) is 5.75 Å². The summed E-state index contributed by atoms with van der Waals surface area (Å²) in [4.78, 5) is 47.8. The van der Waals surface area contributed by atoms with E-state index in [0.717, 1.165) is 11.3 Å². The molecule has 1 saturated heterocycles. The zero-order valence-electron chi connectivity index (χ0n) is 17.9. The van der Waals surface area contributed by atoms with Crippen molar-refractivity contribution in [2.24, 2.45) is 5.16 Å². The Morgan fingerprint density at radius 1 is 1.36 bits per heavy atom. The summed E-state index contributed by atoms with van der Waals surface area (Å²) in [6.07, 6.45) is 5.78. The molecule has 0 aliphatic carbocycles. The van der Waals surface area contributed by atoms with Gasteiger partial charge in [-0.2, -0.15) is 0 Å². The van der Waals surface area contributed by atoms with Gasteiger partial charge in [0.25, 0.3) is 11.8 Å². The number of thiazole rings is 1. The SMILES string of the molecule is CC(C)(O/N=C(/C(=O)N[C@@H]1C(=O)N2C=C(C[n+]3ccccc3)CS[C@H]12)c1cscn1)C(=O)O. The van der Waals surface area contributed by atoms with Gasteiger partial charge in [-0.25, -0.2) is 14.3 Å². The Morgan fingerprint density at radius 2 is 2.12 bits per heavy atom. The number of amides is 2. The molecule has 2 atom stereocenters. The number of carboxylic acid groups (broad SMARTS) is 1. The highest BCUT2D eigenvalue weighted by Crippen LogP contribution is 2.36. The van der Waals surface area contributed by atoms with Crippen LogP contribution in [0.3, 0.4) is 0 Å². The molecule has 2 amide bonds. The van der Waals surface area contributed by atoms with Crippen molar-refractivity contribution in [3.63, 3.8) is 0 Å². The van der Waals surface area contributed by atoms with Crippen LogP contribution >= 0.6 is 23.1 Å². The van der Waals surface area contributed by atoms with Gasteiger partial charge in [0.15, 0.2) is 24.7 Å². The van der Waals surface area contributed by atoms with Gasteiger partial charge in [0.05, 0.1) is 5.51 Å². The number of aromatic nitrogens is 2. The van der Waals surface area contributed by atoms with E-state index in [-0.39, 0.29) is 22.7 Å². The van der Waals surface area contributed by atoms with Crippen molar-refractivity contribution in [2.45, 2.75) is 37.4 Å². The first-order valence-corrected chi connectivity index (χ1v) is 12.0. The summed E-state index contributed by atoms with van der Waals surface area (Å²) in [5.41, 5.74) is 1.03. The average Bonchev–Trinajstić information content (AvgIpc) is 3.32. The molecule has 1 fully saturated rings. The molecule has 0 saturated carbocycles. The number of β-lactam (4-membered cyclic amide) rings is 1. The Kier molecular flexibility index (Phi) is 6.47. The fourth-order valence-electron chi connectivity index (χ4n) is 3.16. The fourth-order valence-corrected chi connectivity index (χ4v) is 4.95. The lowest BCUT2D eigenvalue weighted by Gasteiger charge is -2.47. The Labute approximate surface area is 197 Å². The van der Waals surface area contributed by atoms with Crippen molar-refractivity contribution in [1.29, 1.82) is 0 Å². The molecule has 4 rings (SSSR count). The standard InChI is InChI=1S/C21H21N5O5S2/c1-21(2,20(29)30)31-24-15(14-11-32-12-22-14)17(27)23-16-18(28)26-9-13(10-33-19(16)26)8-25-6-4-3-5-7-25/h3-7,9,11-12,16,19H,8,10H2,1-2H3,(H-,23,27,29,30)/p+1/b24-15+/t16-,19-/m1/s1. The minimum atomic E-state index is -1.64. The number of nitrogens with zero attached hydrogens (tertiary/aromatic N) is 4. The maximum absolute atomic E-state index is 13.0. The van der Waals surface area contributed by atoms with Gasteiger partial charge in [0.2, 0.25) is 5.60 Å². The van der Waals surface area contributed by atoms with E-state index in [0.29, 0.717) is 6.54 Å². The maximum Gasteiger partial charge on any atom is 0.350 e. The van der Waals surface area contributed by atoms with E-state index in [1.165, 1.54) is 30.7 Å². The van der Waals surface area contributed by atoms with E-state index in [1.54, 1.807) is 22.0 Å². The quantitative estimate of drug-likeness (QED) is 0.246. The van der Waals surface area contributed by atoms with Crippen molar-refractivity contribution in [3.05, 3.63) is 59.0 Å². The van der Waals surface area contributed by atoms with Gasteiger partial charge < -0.3 is 20.2 Å². The molecule has 2 aliphatic heterocycles. The largest absolute Gasteiger partial charge is 0.478 e. The van der Waals surface area contributed by atoms with Crippen LogP contribution in [-0.2, 0) is 25.8 Å². The van der Waals surface area contributed by atoms with Crippen LogP contribution in [-0.4, -0.2) is 61.3 Å². The molecule has 0 bridgehead atoms. The molecule has 172 valence electrons. The molecular weight excluding hydrogens is 466 g/mol. The molecule has 2 N–H and O–H groups in total. The second-order valence-corrected chi connectivity index (χ2v) is 9.78. The van der Waals surface area contributed by atoms with E-state index in [1.807, 2.05) is 41.4 Å². The summed E-state index contributed by atoms with van der Waals surface area (Å²) in [5.74, 6) is -1.38. The topological polar surface area (TPSA) is 125 Å². The van der Waals surface area contributed by atoms with E-state index in [2.05, 4.69) is 15.5 Å². The van der Waals surface area contributed by atoms with Gasteiger partial charge in [0.1, 0.15) is 17.1 Å². The molecule has 12 heteroatoms. The molecule has 2 aromatic rings. The fraction of sp³-hybridized carbons (Fsp3) is 0.333. The summed E-state index contributed by atoms with van der Waals surface area (Å²) >= 11 is 2.82. The number of carbonyl (C=O) groups excluding carboxylic acids is 2. The summed E-state index contributed by atoms with van der Waals surface area (Å²) in [6.45, 7) is 3.32. The van der Waals surface area contributed by atoms with Crippen LogP contribution in [0.15, 0.2) is 58.4 Å². The van der Waals surface area contributed by atoms with E-state index >= 15 is 0 Å². The van der Waals surface area contributed by atoms with Gasteiger partial charge in [-0.1, -0.05) is 11.2 Å². The lowest BCUT2D eigenvalue weighted by Crippen LogP contribution is -2.69. The number of thioether (sulfide) groups is 1. The lowest BCUT2D eigenvalue weighted by atomic mass is 10.1. The molecule has 2 aliphatic rings. The first-order valence-electron chi connectivity index (χ1n) is 10.0. The van der Waals surface area contributed by atoms with Crippen molar-refractivity contribution in [1.82, 2.24) is 15.2 Å². The van der Waals surface area contributed by atoms with E-state index in [9.17, 15) is 19.5 Å². The second kappa shape index (κ2) is 9.32. The number of hydrogen-bond donors (Lipinski definition) is 2.